The van der Waals surface area contributed by atoms with Gasteiger partial charge in [-0.05, 0) is 43.7 Å². The highest BCUT2D eigenvalue weighted by Crippen LogP contribution is 2.15. The molecule has 100 valence electrons. The highest BCUT2D eigenvalue weighted by Gasteiger charge is 2.13. The van der Waals surface area contributed by atoms with Gasteiger partial charge in [0.05, 0.1) is 12.8 Å². The van der Waals surface area contributed by atoms with Gasteiger partial charge in [0.15, 0.2) is 0 Å². The SMILES string of the molecule is CCN(C(=O)NCc1ccco1)c1cccc(C)c1. The van der Waals surface area contributed by atoms with E-state index in [9.17, 15) is 4.79 Å². The first-order valence-corrected chi connectivity index (χ1v) is 6.35. The minimum atomic E-state index is -0.121. The largest absolute Gasteiger partial charge is 0.467 e. The Bertz CT molecular complexity index is 535. The zero-order chi connectivity index (χ0) is 13.7. The maximum atomic E-state index is 12.2. The maximum Gasteiger partial charge on any atom is 0.322 e. The summed E-state index contributed by atoms with van der Waals surface area (Å²) in [5.41, 5.74) is 2.04. The summed E-state index contributed by atoms with van der Waals surface area (Å²) in [4.78, 5) is 13.9. The Hall–Kier alpha value is -2.23. The number of carbonyl (C=O) groups excluding carboxylic acids is 1. The number of anilines is 1. The Morgan fingerprint density at radius 3 is 2.79 bits per heavy atom. The molecule has 0 aliphatic carbocycles. The van der Waals surface area contributed by atoms with Crippen molar-refractivity contribution in [2.45, 2.75) is 20.4 Å². The Kier molecular flexibility index (Phi) is 4.23. The highest BCUT2D eigenvalue weighted by molar-refractivity contribution is 5.91. The van der Waals surface area contributed by atoms with Gasteiger partial charge in [0.25, 0.3) is 0 Å². The number of aryl methyl sites for hydroxylation is 1. The number of urea groups is 1. The third kappa shape index (κ3) is 3.37. The molecule has 19 heavy (non-hydrogen) atoms. The second-order valence-corrected chi connectivity index (χ2v) is 4.32. The lowest BCUT2D eigenvalue weighted by Crippen LogP contribution is -2.39. The maximum absolute atomic E-state index is 12.2. The first-order chi connectivity index (χ1) is 9.20. The topological polar surface area (TPSA) is 45.5 Å². The number of amides is 2. The molecule has 0 bridgehead atoms. The molecule has 0 atom stereocenters. The molecule has 0 saturated carbocycles. The molecule has 0 saturated heterocycles. The molecule has 1 heterocycles. The lowest BCUT2D eigenvalue weighted by atomic mass is 10.2. The van der Waals surface area contributed by atoms with Crippen LogP contribution < -0.4 is 10.2 Å². The van der Waals surface area contributed by atoms with Crippen molar-refractivity contribution in [3.8, 4) is 0 Å². The third-order valence-electron chi connectivity index (χ3n) is 2.87. The van der Waals surface area contributed by atoms with Crippen molar-refractivity contribution < 1.29 is 9.21 Å². The van der Waals surface area contributed by atoms with Crippen molar-refractivity contribution in [2.75, 3.05) is 11.4 Å². The van der Waals surface area contributed by atoms with E-state index in [0.29, 0.717) is 13.1 Å². The average molecular weight is 258 g/mol. The summed E-state index contributed by atoms with van der Waals surface area (Å²) in [5.74, 6) is 0.744. The number of furan rings is 1. The minimum absolute atomic E-state index is 0.121. The zero-order valence-electron chi connectivity index (χ0n) is 11.2. The van der Waals surface area contributed by atoms with E-state index in [2.05, 4.69) is 5.32 Å². The van der Waals surface area contributed by atoms with Crippen molar-refractivity contribution in [2.24, 2.45) is 0 Å². The van der Waals surface area contributed by atoms with Gasteiger partial charge < -0.3 is 9.73 Å². The number of carbonyl (C=O) groups is 1. The van der Waals surface area contributed by atoms with Gasteiger partial charge in [-0.15, -0.1) is 0 Å². The van der Waals surface area contributed by atoms with Crippen LogP contribution in [0.3, 0.4) is 0 Å². The number of nitrogens with zero attached hydrogens (tertiary/aromatic N) is 1. The summed E-state index contributed by atoms with van der Waals surface area (Å²) >= 11 is 0. The second-order valence-electron chi connectivity index (χ2n) is 4.32. The normalized spacial score (nSPS) is 10.2. The number of hydrogen-bond acceptors (Lipinski definition) is 2. The number of rotatable bonds is 4. The van der Waals surface area contributed by atoms with Crippen LogP contribution in [0.1, 0.15) is 18.2 Å². The molecule has 2 rings (SSSR count). The van der Waals surface area contributed by atoms with E-state index in [1.165, 1.54) is 0 Å². The standard InChI is InChI=1S/C15H18N2O2/c1-3-17(13-7-4-6-12(2)10-13)15(18)16-11-14-8-5-9-19-14/h4-10H,3,11H2,1-2H3,(H,16,18). The fourth-order valence-electron chi connectivity index (χ4n) is 1.91. The highest BCUT2D eigenvalue weighted by atomic mass is 16.3. The predicted molar refractivity (Wildman–Crippen MR) is 75.1 cm³/mol. The first-order valence-electron chi connectivity index (χ1n) is 6.35. The van der Waals surface area contributed by atoms with E-state index >= 15 is 0 Å². The molecule has 4 nitrogen and oxygen atoms in total. The zero-order valence-corrected chi connectivity index (χ0v) is 11.2. The van der Waals surface area contributed by atoms with E-state index in [4.69, 9.17) is 4.42 Å². The molecule has 2 amide bonds. The number of nitrogens with one attached hydrogen (secondary N) is 1. The van der Waals surface area contributed by atoms with E-state index in [0.717, 1.165) is 17.0 Å². The smallest absolute Gasteiger partial charge is 0.322 e. The van der Waals surface area contributed by atoms with Crippen LogP contribution in [-0.2, 0) is 6.54 Å². The van der Waals surface area contributed by atoms with Gasteiger partial charge in [-0.2, -0.15) is 0 Å². The molecule has 1 N–H and O–H groups in total. The summed E-state index contributed by atoms with van der Waals surface area (Å²) in [7, 11) is 0. The van der Waals surface area contributed by atoms with Crippen molar-refractivity contribution in [1.82, 2.24) is 5.32 Å². The molecule has 0 radical (unpaired) electrons. The first kappa shape index (κ1) is 13.2. The molecular formula is C15H18N2O2. The molecular weight excluding hydrogens is 240 g/mol. The van der Waals surface area contributed by atoms with Gasteiger partial charge in [-0.1, -0.05) is 12.1 Å². The van der Waals surface area contributed by atoms with Crippen LogP contribution in [0.2, 0.25) is 0 Å². The number of benzene rings is 1. The summed E-state index contributed by atoms with van der Waals surface area (Å²) < 4.78 is 5.19. The molecule has 0 spiro atoms. The van der Waals surface area contributed by atoms with Crippen LogP contribution in [-0.4, -0.2) is 12.6 Å². The summed E-state index contributed by atoms with van der Waals surface area (Å²) in [5, 5.41) is 2.85. The molecule has 0 fully saturated rings. The molecule has 2 aromatic rings. The van der Waals surface area contributed by atoms with Crippen LogP contribution >= 0.6 is 0 Å². The summed E-state index contributed by atoms with van der Waals surface area (Å²) in [6.45, 7) is 4.98. The summed E-state index contributed by atoms with van der Waals surface area (Å²) in [6, 6.07) is 11.4. The monoisotopic (exact) mass is 258 g/mol. The van der Waals surface area contributed by atoms with Gasteiger partial charge >= 0.3 is 6.03 Å². The average Bonchev–Trinajstić information content (AvgIpc) is 2.90. The van der Waals surface area contributed by atoms with Crippen molar-refractivity contribution in [3.63, 3.8) is 0 Å². The molecule has 0 unspecified atom stereocenters. The molecule has 0 aliphatic rings. The lowest BCUT2D eigenvalue weighted by molar-refractivity contribution is 0.245. The van der Waals surface area contributed by atoms with Crippen LogP contribution in [0.4, 0.5) is 10.5 Å². The quantitative estimate of drug-likeness (QED) is 0.914. The Labute approximate surface area is 113 Å². The lowest BCUT2D eigenvalue weighted by Gasteiger charge is -2.21. The Morgan fingerprint density at radius 1 is 1.32 bits per heavy atom. The van der Waals surface area contributed by atoms with Gasteiger partial charge in [0.2, 0.25) is 0 Å². The summed E-state index contributed by atoms with van der Waals surface area (Å²) in [6.07, 6.45) is 1.60. The minimum Gasteiger partial charge on any atom is -0.467 e. The second kappa shape index (κ2) is 6.09. The van der Waals surface area contributed by atoms with Crippen molar-refractivity contribution in [1.29, 1.82) is 0 Å². The van der Waals surface area contributed by atoms with Gasteiger partial charge in [0.1, 0.15) is 5.76 Å². The fourth-order valence-corrected chi connectivity index (χ4v) is 1.91. The van der Waals surface area contributed by atoms with E-state index in [1.807, 2.05) is 44.2 Å². The van der Waals surface area contributed by atoms with Crippen LogP contribution in [0.15, 0.2) is 47.1 Å². The van der Waals surface area contributed by atoms with Gasteiger partial charge in [-0.25, -0.2) is 4.79 Å². The van der Waals surface area contributed by atoms with Crippen LogP contribution in [0, 0.1) is 6.92 Å². The third-order valence-corrected chi connectivity index (χ3v) is 2.87. The Morgan fingerprint density at radius 2 is 2.16 bits per heavy atom. The van der Waals surface area contributed by atoms with Crippen LogP contribution in [0.25, 0.3) is 0 Å². The molecule has 4 heteroatoms. The van der Waals surface area contributed by atoms with E-state index in [1.54, 1.807) is 17.2 Å². The van der Waals surface area contributed by atoms with E-state index < -0.39 is 0 Å². The van der Waals surface area contributed by atoms with E-state index in [-0.39, 0.29) is 6.03 Å². The molecule has 1 aromatic carbocycles. The van der Waals surface area contributed by atoms with Gasteiger partial charge in [-0.3, -0.25) is 4.90 Å². The molecule has 1 aromatic heterocycles. The molecule has 0 aliphatic heterocycles. The van der Waals surface area contributed by atoms with Crippen molar-refractivity contribution in [3.05, 3.63) is 54.0 Å². The fraction of sp³-hybridized carbons (Fsp3) is 0.267. The van der Waals surface area contributed by atoms with Crippen LogP contribution in [0.5, 0.6) is 0 Å². The van der Waals surface area contributed by atoms with Crippen molar-refractivity contribution >= 4 is 11.7 Å². The number of hydrogen-bond donors (Lipinski definition) is 1. The Balaban J connectivity index is 2.02. The van der Waals surface area contributed by atoms with Gasteiger partial charge in [0, 0.05) is 12.2 Å². The predicted octanol–water partition coefficient (Wildman–Crippen LogP) is 3.32.